The molecule has 1 aromatic carbocycles. The highest BCUT2D eigenvalue weighted by molar-refractivity contribution is 8.01. The summed E-state index contributed by atoms with van der Waals surface area (Å²) in [6.45, 7) is 3.94. The van der Waals surface area contributed by atoms with E-state index in [1.54, 1.807) is 23.1 Å². The van der Waals surface area contributed by atoms with Crippen LogP contribution in [0.15, 0.2) is 21.4 Å². The molecule has 0 saturated carbocycles. The van der Waals surface area contributed by atoms with Gasteiger partial charge in [-0.25, -0.2) is 0 Å². The van der Waals surface area contributed by atoms with Crippen molar-refractivity contribution in [3.63, 3.8) is 0 Å². The van der Waals surface area contributed by atoms with Crippen LogP contribution in [-0.4, -0.2) is 10.2 Å². The molecular formula is C10H10ClN3S2. The number of nitrogens with two attached hydrogens (primary N) is 1. The highest BCUT2D eigenvalue weighted by Gasteiger charge is 2.08. The van der Waals surface area contributed by atoms with Crippen molar-refractivity contribution in [2.24, 2.45) is 0 Å². The highest BCUT2D eigenvalue weighted by Crippen LogP contribution is 2.35. The molecule has 0 spiro atoms. The van der Waals surface area contributed by atoms with E-state index in [9.17, 15) is 0 Å². The second kappa shape index (κ2) is 4.61. The first-order valence-electron chi connectivity index (χ1n) is 4.60. The molecule has 0 fully saturated rings. The van der Waals surface area contributed by atoms with Gasteiger partial charge in [0.2, 0.25) is 0 Å². The number of aromatic nitrogens is 2. The van der Waals surface area contributed by atoms with E-state index < -0.39 is 0 Å². The summed E-state index contributed by atoms with van der Waals surface area (Å²) in [7, 11) is 0. The Morgan fingerprint density at radius 1 is 1.31 bits per heavy atom. The summed E-state index contributed by atoms with van der Waals surface area (Å²) in [5, 5.41) is 9.57. The summed E-state index contributed by atoms with van der Waals surface area (Å²) >= 11 is 9.12. The smallest absolute Gasteiger partial charge is 0.179 e. The predicted octanol–water partition coefficient (Wildman–Crippen LogP) is 3.54. The zero-order chi connectivity index (χ0) is 11.7. The monoisotopic (exact) mass is 271 g/mol. The van der Waals surface area contributed by atoms with Gasteiger partial charge in [0.25, 0.3) is 0 Å². The standard InChI is InChI=1S/C10H10ClN3S2/c1-5-3-8(12)7(11)4-9(5)16-10-14-13-6(2)15-10/h3-4H,12H2,1-2H3. The van der Waals surface area contributed by atoms with Crippen molar-refractivity contribution < 1.29 is 0 Å². The molecule has 0 aliphatic carbocycles. The number of nitrogen functional groups attached to an aromatic ring is 1. The van der Waals surface area contributed by atoms with Gasteiger partial charge in [0.15, 0.2) is 4.34 Å². The zero-order valence-corrected chi connectivity index (χ0v) is 11.2. The van der Waals surface area contributed by atoms with Crippen molar-refractivity contribution in [1.82, 2.24) is 10.2 Å². The van der Waals surface area contributed by atoms with Crippen LogP contribution in [0.5, 0.6) is 0 Å². The summed E-state index contributed by atoms with van der Waals surface area (Å²) in [6, 6.07) is 3.74. The Labute approximate surface area is 107 Å². The van der Waals surface area contributed by atoms with Crippen LogP contribution in [0.4, 0.5) is 5.69 Å². The van der Waals surface area contributed by atoms with Gasteiger partial charge in [0.1, 0.15) is 5.01 Å². The maximum Gasteiger partial charge on any atom is 0.179 e. The average Bonchev–Trinajstić information content (AvgIpc) is 2.60. The molecule has 0 bridgehead atoms. The van der Waals surface area contributed by atoms with Gasteiger partial charge in [-0.05, 0) is 31.5 Å². The van der Waals surface area contributed by atoms with Crippen LogP contribution in [0.3, 0.4) is 0 Å². The SMILES string of the molecule is Cc1nnc(Sc2cc(Cl)c(N)cc2C)s1. The number of hydrogen-bond donors (Lipinski definition) is 1. The summed E-state index contributed by atoms with van der Waals surface area (Å²) in [4.78, 5) is 1.07. The fraction of sp³-hybridized carbons (Fsp3) is 0.200. The quantitative estimate of drug-likeness (QED) is 0.849. The van der Waals surface area contributed by atoms with Crippen molar-refractivity contribution in [2.45, 2.75) is 23.1 Å². The maximum absolute atomic E-state index is 5.99. The number of rotatable bonds is 2. The number of benzene rings is 1. The molecule has 16 heavy (non-hydrogen) atoms. The minimum absolute atomic E-state index is 0.578. The lowest BCUT2D eigenvalue weighted by molar-refractivity contribution is 0.983. The van der Waals surface area contributed by atoms with Crippen LogP contribution < -0.4 is 5.73 Å². The van der Waals surface area contributed by atoms with Crippen LogP contribution in [0.25, 0.3) is 0 Å². The first kappa shape index (κ1) is 11.7. The molecule has 0 aliphatic rings. The van der Waals surface area contributed by atoms with Crippen LogP contribution in [0.1, 0.15) is 10.6 Å². The third kappa shape index (κ3) is 2.48. The van der Waals surface area contributed by atoms with Crippen molar-refractivity contribution in [2.75, 3.05) is 5.73 Å². The minimum Gasteiger partial charge on any atom is -0.398 e. The number of halogens is 1. The van der Waals surface area contributed by atoms with Crippen LogP contribution >= 0.6 is 34.7 Å². The molecule has 3 nitrogen and oxygen atoms in total. The Morgan fingerprint density at radius 3 is 2.69 bits per heavy atom. The molecule has 1 heterocycles. The molecule has 2 aromatic rings. The number of nitrogens with zero attached hydrogens (tertiary/aromatic N) is 2. The molecular weight excluding hydrogens is 262 g/mol. The largest absolute Gasteiger partial charge is 0.398 e. The van der Waals surface area contributed by atoms with Gasteiger partial charge in [-0.15, -0.1) is 10.2 Å². The van der Waals surface area contributed by atoms with E-state index in [0.717, 1.165) is 19.8 Å². The third-order valence-corrected chi connectivity index (χ3v) is 4.38. The van der Waals surface area contributed by atoms with Gasteiger partial charge in [-0.3, -0.25) is 0 Å². The molecule has 1 aromatic heterocycles. The summed E-state index contributed by atoms with van der Waals surface area (Å²) < 4.78 is 0.918. The van der Waals surface area contributed by atoms with Crippen LogP contribution in [-0.2, 0) is 0 Å². The van der Waals surface area contributed by atoms with Gasteiger partial charge in [0.05, 0.1) is 10.7 Å². The fourth-order valence-electron chi connectivity index (χ4n) is 1.21. The lowest BCUT2D eigenvalue weighted by Crippen LogP contribution is -1.89. The Hall–Kier alpha value is -0.780. The Balaban J connectivity index is 2.31. The van der Waals surface area contributed by atoms with E-state index in [1.165, 1.54) is 0 Å². The zero-order valence-electron chi connectivity index (χ0n) is 8.82. The van der Waals surface area contributed by atoms with Gasteiger partial charge < -0.3 is 5.73 Å². The van der Waals surface area contributed by atoms with E-state index in [1.807, 2.05) is 26.0 Å². The minimum atomic E-state index is 0.578. The number of anilines is 1. The second-order valence-electron chi connectivity index (χ2n) is 3.33. The van der Waals surface area contributed by atoms with E-state index >= 15 is 0 Å². The Morgan fingerprint density at radius 2 is 2.06 bits per heavy atom. The van der Waals surface area contributed by atoms with E-state index in [-0.39, 0.29) is 0 Å². The van der Waals surface area contributed by atoms with E-state index in [2.05, 4.69) is 10.2 Å². The van der Waals surface area contributed by atoms with Crippen LogP contribution in [0.2, 0.25) is 5.02 Å². The Kier molecular flexibility index (Phi) is 3.37. The second-order valence-corrected chi connectivity index (χ2v) is 6.21. The lowest BCUT2D eigenvalue weighted by atomic mass is 10.2. The topological polar surface area (TPSA) is 51.8 Å². The van der Waals surface area contributed by atoms with Gasteiger partial charge in [-0.1, -0.05) is 34.7 Å². The molecule has 0 radical (unpaired) electrons. The number of hydrogen-bond acceptors (Lipinski definition) is 5. The molecule has 0 unspecified atom stereocenters. The summed E-state index contributed by atoms with van der Waals surface area (Å²) in [6.07, 6.45) is 0. The van der Waals surface area contributed by atoms with E-state index in [4.69, 9.17) is 17.3 Å². The molecule has 2 rings (SSSR count). The van der Waals surface area contributed by atoms with Crippen molar-refractivity contribution in [3.05, 3.63) is 27.7 Å². The normalized spacial score (nSPS) is 10.7. The summed E-state index contributed by atoms with van der Waals surface area (Å²) in [5.74, 6) is 0. The first-order chi connectivity index (χ1) is 7.56. The van der Waals surface area contributed by atoms with Crippen molar-refractivity contribution >= 4 is 40.4 Å². The molecule has 0 atom stereocenters. The Bertz CT molecular complexity index is 525. The van der Waals surface area contributed by atoms with Crippen molar-refractivity contribution in [1.29, 1.82) is 0 Å². The van der Waals surface area contributed by atoms with Crippen LogP contribution in [0, 0.1) is 13.8 Å². The van der Waals surface area contributed by atoms with E-state index in [0.29, 0.717) is 10.7 Å². The number of aryl methyl sites for hydroxylation is 2. The maximum atomic E-state index is 5.99. The molecule has 0 saturated heterocycles. The molecule has 2 N–H and O–H groups in total. The molecule has 0 amide bonds. The fourth-order valence-corrected chi connectivity index (χ4v) is 3.32. The van der Waals surface area contributed by atoms with Gasteiger partial charge in [0, 0.05) is 4.90 Å². The molecule has 6 heteroatoms. The predicted molar refractivity (Wildman–Crippen MR) is 69.4 cm³/mol. The molecule has 84 valence electrons. The van der Waals surface area contributed by atoms with Crippen molar-refractivity contribution in [3.8, 4) is 0 Å². The summed E-state index contributed by atoms with van der Waals surface area (Å²) in [5.41, 5.74) is 7.43. The third-order valence-electron chi connectivity index (χ3n) is 2.00. The lowest BCUT2D eigenvalue weighted by Gasteiger charge is -2.05. The van der Waals surface area contributed by atoms with Gasteiger partial charge in [-0.2, -0.15) is 0 Å². The first-order valence-corrected chi connectivity index (χ1v) is 6.61. The molecule has 0 aliphatic heterocycles. The highest BCUT2D eigenvalue weighted by atomic mass is 35.5. The van der Waals surface area contributed by atoms with Gasteiger partial charge >= 0.3 is 0 Å². The average molecular weight is 272 g/mol.